The zero-order valence-corrected chi connectivity index (χ0v) is 5.40. The highest BCUT2D eigenvalue weighted by Gasteiger charge is 2.06. The molecule has 0 aromatic carbocycles. The Bertz CT molecular complexity index is 159. The van der Waals surface area contributed by atoms with Crippen LogP contribution in [0.25, 0.3) is 0 Å². The van der Waals surface area contributed by atoms with Crippen LogP contribution in [0.15, 0.2) is 5.16 Å². The van der Waals surface area contributed by atoms with Crippen LogP contribution < -0.4 is 0 Å². The van der Waals surface area contributed by atoms with Gasteiger partial charge in [-0.3, -0.25) is 0 Å². The number of aliphatic hydroxyl groups excluding tert-OH is 1. The van der Waals surface area contributed by atoms with Gasteiger partial charge in [-0.15, -0.1) is 0 Å². The molecule has 0 heterocycles. The molecule has 0 spiro atoms. The SMILES string of the molecule is CC(O)CC(=O)ON=C=O. The third-order valence-corrected chi connectivity index (χ3v) is 0.647. The monoisotopic (exact) mass is 145 g/mol. The zero-order valence-electron chi connectivity index (χ0n) is 5.40. The molecule has 0 aromatic heterocycles. The molecule has 0 saturated carbocycles. The van der Waals surface area contributed by atoms with Crippen LogP contribution in [0.4, 0.5) is 0 Å². The summed E-state index contributed by atoms with van der Waals surface area (Å²) in [5, 5.41) is 11.1. The van der Waals surface area contributed by atoms with Gasteiger partial charge in [-0.05, 0) is 6.92 Å². The number of hydrogen-bond donors (Lipinski definition) is 1. The summed E-state index contributed by atoms with van der Waals surface area (Å²) < 4.78 is 0. The summed E-state index contributed by atoms with van der Waals surface area (Å²) in [7, 11) is 0. The molecule has 0 aliphatic rings. The highest BCUT2D eigenvalue weighted by molar-refractivity contribution is 5.69. The number of carbonyl (C=O) groups excluding carboxylic acids is 2. The summed E-state index contributed by atoms with van der Waals surface area (Å²) in [4.78, 5) is 23.6. The smallest absolute Gasteiger partial charge is 0.338 e. The van der Waals surface area contributed by atoms with Gasteiger partial charge < -0.3 is 9.94 Å². The van der Waals surface area contributed by atoms with Crippen LogP contribution >= 0.6 is 0 Å². The highest BCUT2D eigenvalue weighted by Crippen LogP contribution is 1.91. The number of nitrogens with zero attached hydrogens (tertiary/aromatic N) is 1. The van der Waals surface area contributed by atoms with Gasteiger partial charge in [0.05, 0.1) is 12.5 Å². The minimum absolute atomic E-state index is 0.175. The Hall–Kier alpha value is -1.19. The van der Waals surface area contributed by atoms with Gasteiger partial charge in [0.15, 0.2) is 0 Å². The summed E-state index contributed by atoms with van der Waals surface area (Å²) >= 11 is 0. The molecule has 0 aliphatic carbocycles. The Labute approximate surface area is 57.3 Å². The van der Waals surface area contributed by atoms with Gasteiger partial charge in [-0.1, -0.05) is 0 Å². The first-order valence-corrected chi connectivity index (χ1v) is 2.62. The fourth-order valence-electron chi connectivity index (χ4n) is 0.348. The molecule has 0 radical (unpaired) electrons. The summed E-state index contributed by atoms with van der Waals surface area (Å²) in [6.45, 7) is 1.42. The molecular weight excluding hydrogens is 138 g/mol. The van der Waals surface area contributed by atoms with Gasteiger partial charge in [0, 0.05) is 5.16 Å². The van der Waals surface area contributed by atoms with Crippen LogP contribution in [0.2, 0.25) is 0 Å². The normalized spacial score (nSPS) is 11.4. The molecule has 1 atom stereocenters. The third-order valence-electron chi connectivity index (χ3n) is 0.647. The summed E-state index contributed by atoms with van der Waals surface area (Å²) in [6.07, 6.45) is 0.0637. The lowest BCUT2D eigenvalue weighted by molar-refractivity contribution is -0.145. The van der Waals surface area contributed by atoms with Crippen LogP contribution in [-0.4, -0.2) is 23.3 Å². The minimum atomic E-state index is -0.783. The molecule has 0 amide bonds. The van der Waals surface area contributed by atoms with Crippen molar-refractivity contribution in [3.8, 4) is 0 Å². The second-order valence-corrected chi connectivity index (χ2v) is 1.70. The van der Waals surface area contributed by atoms with Crippen molar-refractivity contribution in [3.05, 3.63) is 0 Å². The zero-order chi connectivity index (χ0) is 7.98. The van der Waals surface area contributed by atoms with E-state index >= 15 is 0 Å². The largest absolute Gasteiger partial charge is 0.393 e. The predicted octanol–water partition coefficient (Wildman–Crippen LogP) is -0.449. The maximum Gasteiger partial charge on any atom is 0.338 e. The van der Waals surface area contributed by atoms with Crippen molar-refractivity contribution in [2.24, 2.45) is 5.16 Å². The Morgan fingerprint density at radius 2 is 2.50 bits per heavy atom. The van der Waals surface area contributed by atoms with E-state index in [-0.39, 0.29) is 6.42 Å². The number of aliphatic hydroxyl groups is 1. The standard InChI is InChI=1S/C5H7NO4/c1-4(8)2-5(9)10-6-3-7/h4,8H,2H2,1H3. The van der Waals surface area contributed by atoms with Gasteiger partial charge >= 0.3 is 5.97 Å². The molecule has 1 unspecified atom stereocenters. The van der Waals surface area contributed by atoms with Crippen LogP contribution in [-0.2, 0) is 14.4 Å². The number of hydrogen-bond acceptors (Lipinski definition) is 5. The first kappa shape index (κ1) is 8.81. The van der Waals surface area contributed by atoms with Crippen molar-refractivity contribution in [2.45, 2.75) is 19.4 Å². The second-order valence-electron chi connectivity index (χ2n) is 1.70. The lowest BCUT2D eigenvalue weighted by Crippen LogP contribution is -2.09. The Balaban J connectivity index is 3.54. The van der Waals surface area contributed by atoms with Crippen LogP contribution in [0.3, 0.4) is 0 Å². The van der Waals surface area contributed by atoms with Crippen molar-refractivity contribution in [2.75, 3.05) is 0 Å². The average molecular weight is 145 g/mol. The quantitative estimate of drug-likeness (QED) is 0.252. The molecule has 1 N–H and O–H groups in total. The molecule has 0 fully saturated rings. The summed E-state index contributed by atoms with van der Waals surface area (Å²) in [6, 6.07) is 0. The molecule has 5 heteroatoms. The van der Waals surface area contributed by atoms with E-state index in [1.54, 1.807) is 0 Å². The maximum absolute atomic E-state index is 10.4. The van der Waals surface area contributed by atoms with E-state index in [1.807, 2.05) is 0 Å². The van der Waals surface area contributed by atoms with Crippen molar-refractivity contribution >= 4 is 12.0 Å². The molecule has 5 nitrogen and oxygen atoms in total. The highest BCUT2D eigenvalue weighted by atomic mass is 16.7. The van der Waals surface area contributed by atoms with Gasteiger partial charge in [-0.25, -0.2) is 9.59 Å². The van der Waals surface area contributed by atoms with Crippen LogP contribution in [0.1, 0.15) is 13.3 Å². The molecule has 10 heavy (non-hydrogen) atoms. The minimum Gasteiger partial charge on any atom is -0.393 e. The van der Waals surface area contributed by atoms with Crippen LogP contribution in [0, 0.1) is 0 Å². The average Bonchev–Trinajstić information content (AvgIpc) is 1.82. The lowest BCUT2D eigenvalue weighted by Gasteiger charge is -1.97. The number of rotatable bonds is 3. The van der Waals surface area contributed by atoms with Gasteiger partial charge in [-0.2, -0.15) is 0 Å². The van der Waals surface area contributed by atoms with Gasteiger partial charge in [0.25, 0.3) is 6.08 Å². The van der Waals surface area contributed by atoms with E-state index in [2.05, 4.69) is 9.99 Å². The first-order chi connectivity index (χ1) is 4.66. The van der Waals surface area contributed by atoms with Crippen molar-refractivity contribution in [1.29, 1.82) is 0 Å². The van der Waals surface area contributed by atoms with E-state index in [0.717, 1.165) is 6.08 Å². The lowest BCUT2D eigenvalue weighted by atomic mass is 10.3. The first-order valence-electron chi connectivity index (χ1n) is 2.62. The van der Waals surface area contributed by atoms with Crippen molar-refractivity contribution < 1.29 is 19.5 Å². The summed E-state index contributed by atoms with van der Waals surface area (Å²) in [5.74, 6) is -0.752. The maximum atomic E-state index is 10.4. The van der Waals surface area contributed by atoms with Crippen molar-refractivity contribution in [3.63, 3.8) is 0 Å². The van der Waals surface area contributed by atoms with Crippen molar-refractivity contribution in [1.82, 2.24) is 0 Å². The van der Waals surface area contributed by atoms with E-state index in [1.165, 1.54) is 6.92 Å². The molecule has 0 aromatic rings. The molecule has 0 aliphatic heterocycles. The third kappa shape index (κ3) is 4.96. The molecule has 56 valence electrons. The fraction of sp³-hybridized carbons (Fsp3) is 0.600. The molecular formula is C5H7NO4. The summed E-state index contributed by atoms with van der Waals surface area (Å²) in [5.41, 5.74) is 0. The second kappa shape index (κ2) is 4.67. The van der Waals surface area contributed by atoms with E-state index in [9.17, 15) is 9.59 Å². The molecule has 0 rings (SSSR count). The van der Waals surface area contributed by atoms with E-state index < -0.39 is 12.1 Å². The predicted molar refractivity (Wildman–Crippen MR) is 30.5 cm³/mol. The van der Waals surface area contributed by atoms with Gasteiger partial charge in [0.1, 0.15) is 0 Å². The Morgan fingerprint density at radius 3 is 2.90 bits per heavy atom. The molecule has 0 saturated heterocycles. The topological polar surface area (TPSA) is 76.0 Å². The Kier molecular flexibility index (Phi) is 4.11. The molecule has 0 bridgehead atoms. The number of carbonyl (C=O) groups is 1. The number of isocyanates is 1. The Morgan fingerprint density at radius 1 is 1.90 bits per heavy atom. The van der Waals surface area contributed by atoms with Gasteiger partial charge in [0.2, 0.25) is 0 Å². The van der Waals surface area contributed by atoms with Crippen LogP contribution in [0.5, 0.6) is 0 Å². The fourth-order valence-corrected chi connectivity index (χ4v) is 0.348. The van der Waals surface area contributed by atoms with E-state index in [0.29, 0.717) is 0 Å². The van der Waals surface area contributed by atoms with E-state index in [4.69, 9.17) is 5.11 Å².